The largest absolute Gasteiger partial charge is 0.870 e. The van der Waals surface area contributed by atoms with E-state index in [1.54, 1.807) is 0 Å². The molecule has 0 aromatic heterocycles. The second-order valence-electron chi connectivity index (χ2n) is 0. The first-order valence-corrected chi connectivity index (χ1v) is 0. The molecule has 84 valence electrons. The smallest absolute Gasteiger partial charge is 0 e. The van der Waals surface area contributed by atoms with Crippen molar-refractivity contribution in [3.05, 3.63) is 0 Å². The molecule has 0 rings (SSSR count). The van der Waals surface area contributed by atoms with Crippen LogP contribution in [0, 0.1) is 0 Å². The molecule has 0 aromatic carbocycles. The number of hydrogen-bond donors (Lipinski definition) is 2. The molecule has 0 atom stereocenters. The Kier molecular flexibility index (Phi) is 498000. The van der Waals surface area contributed by atoms with Gasteiger partial charge < -0.3 is 50.6 Å². The maximum absolute atomic E-state index is 0. The normalized spacial score (nSPS) is 0. The Balaban J connectivity index is 0. The van der Waals surface area contributed by atoms with Crippen molar-refractivity contribution in [2.75, 3.05) is 0 Å². The summed E-state index contributed by atoms with van der Waals surface area (Å²) in [4.78, 5) is 0. The van der Waals surface area contributed by atoms with E-state index in [1.807, 2.05) is 0 Å². The van der Waals surface area contributed by atoms with Gasteiger partial charge in [-0.3, -0.25) is 0 Å². The number of quaternary nitrogens is 2. The van der Waals surface area contributed by atoms with E-state index in [9.17, 15) is 0 Å². The molecule has 0 aromatic rings. The molecule has 9 nitrogen and oxygen atoms in total. The van der Waals surface area contributed by atoms with Crippen molar-refractivity contribution >= 4 is 0 Å². The summed E-state index contributed by atoms with van der Waals surface area (Å²) < 4.78 is 0. The van der Waals surface area contributed by atoms with E-state index in [0.717, 1.165) is 0 Å². The molecule has 0 saturated carbocycles. The van der Waals surface area contributed by atoms with Crippen molar-refractivity contribution in [2.45, 2.75) is 0 Å². The summed E-state index contributed by atoms with van der Waals surface area (Å²) in [5.74, 6) is 0. The van der Waals surface area contributed by atoms with E-state index in [4.69, 9.17) is 0 Å². The summed E-state index contributed by atoms with van der Waals surface area (Å²) in [7, 11) is 0. The molecule has 20 N–H and O–H groups in total. The molecule has 11 heteroatoms. The monoisotopic (exact) mass is 264 g/mol. The van der Waals surface area contributed by atoms with Gasteiger partial charge in [-0.05, 0) is 0 Å². The fourth-order valence-electron chi connectivity index (χ4n) is 0. The summed E-state index contributed by atoms with van der Waals surface area (Å²) in [6.45, 7) is 0. The minimum Gasteiger partial charge on any atom is -0.870 e. The first kappa shape index (κ1) is 2700. The Labute approximate surface area is 85.8 Å². The number of rotatable bonds is 0. The minimum atomic E-state index is 0. The van der Waals surface area contributed by atoms with Crippen LogP contribution in [0.3, 0.4) is 0 Å². The summed E-state index contributed by atoms with van der Waals surface area (Å²) >= 11 is 0. The van der Waals surface area contributed by atoms with Crippen molar-refractivity contribution < 1.29 is 73.1 Å². The first-order valence-electron chi connectivity index (χ1n) is 0. The predicted molar refractivity (Wildman–Crippen MR) is 33.9 cm³/mol. The van der Waals surface area contributed by atoms with E-state index in [1.165, 1.54) is 0 Å². The van der Waals surface area contributed by atoms with Crippen LogP contribution in [0.4, 0.5) is 0 Å². The minimum absolute atomic E-state index is 0. The van der Waals surface area contributed by atoms with Gasteiger partial charge in [-0.2, -0.15) is 0 Å². The molecule has 0 radical (unpaired) electrons. The zero-order chi connectivity index (χ0) is 0. The molecule has 0 bridgehead atoms. The van der Waals surface area contributed by atoms with Gasteiger partial charge in [0.2, 0.25) is 0 Å². The van der Waals surface area contributed by atoms with E-state index in [0.29, 0.717) is 0 Å². The van der Waals surface area contributed by atoms with Gasteiger partial charge >= 0.3 is 0 Å². The topological polar surface area (TPSA) is 290 Å². The van der Waals surface area contributed by atoms with Crippen LogP contribution in [-0.2, 0) is 34.7 Å². The Morgan fingerprint density at radius 3 is 0.364 bits per heavy atom. The van der Waals surface area contributed by atoms with Crippen LogP contribution in [0.15, 0.2) is 0 Å². The molecule has 0 saturated heterocycles. The average molecular weight is 264 g/mol. The summed E-state index contributed by atoms with van der Waals surface area (Å²) in [5.41, 5.74) is 0. The van der Waals surface area contributed by atoms with Crippen LogP contribution in [0.1, 0.15) is 0 Å². The third-order valence-electron chi connectivity index (χ3n) is 0. The van der Waals surface area contributed by atoms with E-state index >= 15 is 0 Å². The molecule has 0 heterocycles. The fourth-order valence-corrected chi connectivity index (χ4v) is 0. The van der Waals surface area contributed by atoms with Crippen LogP contribution < -0.4 is 12.3 Å². The van der Waals surface area contributed by atoms with Gasteiger partial charge in [-0.25, -0.2) is 0 Å². The average Bonchev–Trinajstić information content (AvgIpc) is 0. The van der Waals surface area contributed by atoms with E-state index in [2.05, 4.69) is 0 Å². The van der Waals surface area contributed by atoms with Crippen molar-refractivity contribution in [1.29, 1.82) is 0 Å². The molecular formula is H20Cr2N2O7. The van der Waals surface area contributed by atoms with Crippen molar-refractivity contribution in [2.24, 2.45) is 0 Å². The second kappa shape index (κ2) is 2030. The maximum Gasteiger partial charge on any atom is 0 e. The maximum atomic E-state index is 0. The molecule has 0 fully saturated rings. The third-order valence-corrected chi connectivity index (χ3v) is 0. The zero-order valence-electron chi connectivity index (χ0n) is 6.21. The Morgan fingerprint density at radius 2 is 0.364 bits per heavy atom. The van der Waals surface area contributed by atoms with Gasteiger partial charge in [0.1, 0.15) is 0 Å². The number of hydrogen-bond acceptors (Lipinski definition) is 2. The standard InChI is InChI=1S/2Cr.2H3N.7H2O/h;;2*1H3;7*1H2. The van der Waals surface area contributed by atoms with Crippen LogP contribution in [0.2, 0.25) is 0 Å². The van der Waals surface area contributed by atoms with Crippen molar-refractivity contribution in [3.63, 3.8) is 0 Å². The summed E-state index contributed by atoms with van der Waals surface area (Å²) in [5, 5.41) is 0. The van der Waals surface area contributed by atoms with Gasteiger partial charge in [-0.1, -0.05) is 0 Å². The van der Waals surface area contributed by atoms with Crippen LogP contribution >= 0.6 is 0 Å². The van der Waals surface area contributed by atoms with Gasteiger partial charge in [0, 0.05) is 34.7 Å². The summed E-state index contributed by atoms with van der Waals surface area (Å²) in [6.07, 6.45) is 0. The predicted octanol–water partition coefficient (Wildman–Crippen LogP) is -3.73. The molecular weight excluding hydrogens is 244 g/mol. The fraction of sp³-hybridized carbons (Fsp3) is 0. The van der Waals surface area contributed by atoms with Gasteiger partial charge in [0.25, 0.3) is 0 Å². The third kappa shape index (κ3) is 1630. The molecule has 0 amide bonds. The van der Waals surface area contributed by atoms with E-state index in [-0.39, 0.29) is 85.4 Å². The second-order valence-corrected chi connectivity index (χ2v) is 0. The van der Waals surface area contributed by atoms with Crippen molar-refractivity contribution in [1.82, 2.24) is 12.3 Å². The van der Waals surface area contributed by atoms with E-state index < -0.39 is 0 Å². The van der Waals surface area contributed by atoms with Crippen molar-refractivity contribution in [3.8, 4) is 0 Å². The van der Waals surface area contributed by atoms with Crippen LogP contribution in [0.25, 0.3) is 0 Å². The van der Waals surface area contributed by atoms with Crippen LogP contribution in [0.5, 0.6) is 0 Å². The molecule has 0 spiro atoms. The van der Waals surface area contributed by atoms with Gasteiger partial charge in [-0.15, -0.1) is 0 Å². The zero-order valence-corrected chi connectivity index (χ0v) is 8.76. The Hall–Kier alpha value is 0.705. The molecule has 0 aliphatic carbocycles. The molecule has 0 unspecified atom stereocenters. The molecule has 0 aliphatic heterocycles. The first-order chi connectivity index (χ1) is 0. The molecule has 0 aliphatic rings. The summed E-state index contributed by atoms with van der Waals surface area (Å²) in [6, 6.07) is 0. The Morgan fingerprint density at radius 1 is 0.364 bits per heavy atom. The van der Waals surface area contributed by atoms with Gasteiger partial charge in [0.15, 0.2) is 0 Å². The van der Waals surface area contributed by atoms with Gasteiger partial charge in [0.05, 0.1) is 0 Å². The van der Waals surface area contributed by atoms with Crippen LogP contribution in [-0.4, -0.2) is 38.3 Å². The quantitative estimate of drug-likeness (QED) is 0.445. The SMILES string of the molecule is O.O.O.O.O.[Cr].[Cr].[NH4+].[NH4+].[OH-].[OH-]. The molecule has 11 heavy (non-hydrogen) atoms. The Bertz CT molecular complexity index is 14.4.